The van der Waals surface area contributed by atoms with Crippen molar-refractivity contribution in [3.63, 3.8) is 0 Å². The van der Waals surface area contributed by atoms with Crippen molar-refractivity contribution in [3.05, 3.63) is 34.3 Å². The van der Waals surface area contributed by atoms with E-state index in [1.54, 1.807) is 6.92 Å². The summed E-state index contributed by atoms with van der Waals surface area (Å²) in [5.41, 5.74) is 0.845. The summed E-state index contributed by atoms with van der Waals surface area (Å²) in [6.45, 7) is 3.64. The second kappa shape index (κ2) is 5.83. The van der Waals surface area contributed by atoms with Crippen molar-refractivity contribution in [1.82, 2.24) is 0 Å². The maximum absolute atomic E-state index is 10.3. The monoisotopic (exact) mass is 258 g/mol. The number of rotatable bonds is 5. The number of hydrogen-bond acceptors (Lipinski definition) is 3. The second-order valence-corrected chi connectivity index (χ2v) is 4.84. The molecule has 1 N–H and O–H groups in total. The van der Waals surface area contributed by atoms with Crippen LogP contribution in [0.2, 0.25) is 5.02 Å². The third kappa shape index (κ3) is 3.68. The summed E-state index contributed by atoms with van der Waals surface area (Å²) in [5.74, 6) is 0. The molecule has 0 aliphatic heterocycles. The number of methoxy groups -OCH3 is 2. The van der Waals surface area contributed by atoms with Crippen LogP contribution < -0.4 is 0 Å². The van der Waals surface area contributed by atoms with E-state index < -0.39 is 11.9 Å². The molecule has 0 fully saturated rings. The van der Waals surface area contributed by atoms with Gasteiger partial charge in [0.05, 0.1) is 0 Å². The zero-order valence-corrected chi connectivity index (χ0v) is 11.4. The highest BCUT2D eigenvalue weighted by Gasteiger charge is 2.33. The molecule has 1 atom stereocenters. The van der Waals surface area contributed by atoms with Gasteiger partial charge in [0.15, 0.2) is 6.29 Å². The van der Waals surface area contributed by atoms with Crippen molar-refractivity contribution in [1.29, 1.82) is 0 Å². The van der Waals surface area contributed by atoms with Gasteiger partial charge in [-0.05, 0) is 31.0 Å². The molecule has 0 aliphatic rings. The first kappa shape index (κ1) is 14.5. The number of aryl methyl sites for hydroxylation is 1. The lowest BCUT2D eigenvalue weighted by Gasteiger charge is -2.30. The number of hydrogen-bond donors (Lipinski definition) is 1. The fraction of sp³-hybridized carbons (Fsp3) is 0.538. The summed E-state index contributed by atoms with van der Waals surface area (Å²) in [6, 6.07) is 5.75. The van der Waals surface area contributed by atoms with Gasteiger partial charge in [-0.15, -0.1) is 0 Å². The average Bonchev–Trinajstić information content (AvgIpc) is 2.23. The molecular formula is C13H19ClO3. The van der Waals surface area contributed by atoms with Crippen LogP contribution in [0.25, 0.3) is 0 Å². The minimum Gasteiger partial charge on any atom is -0.385 e. The number of aliphatic hydroxyl groups is 1. The van der Waals surface area contributed by atoms with Gasteiger partial charge in [-0.2, -0.15) is 0 Å². The predicted octanol–water partition coefficient (Wildman–Crippen LogP) is 2.56. The quantitative estimate of drug-likeness (QED) is 0.825. The first-order chi connectivity index (χ1) is 7.90. The molecule has 1 rings (SSSR count). The minimum atomic E-state index is -1.12. The van der Waals surface area contributed by atoms with Crippen LogP contribution in [0.5, 0.6) is 0 Å². The molecule has 4 heteroatoms. The molecule has 0 radical (unpaired) electrons. The van der Waals surface area contributed by atoms with Crippen LogP contribution in [0, 0.1) is 6.92 Å². The molecule has 0 saturated carbocycles. The molecule has 0 bridgehead atoms. The number of benzene rings is 1. The van der Waals surface area contributed by atoms with E-state index in [1.165, 1.54) is 14.2 Å². The molecular weight excluding hydrogens is 240 g/mol. The maximum atomic E-state index is 10.3. The zero-order valence-electron chi connectivity index (χ0n) is 10.7. The Bertz CT molecular complexity index is 373. The van der Waals surface area contributed by atoms with Crippen LogP contribution >= 0.6 is 11.6 Å². The van der Waals surface area contributed by atoms with Crippen molar-refractivity contribution in [2.24, 2.45) is 0 Å². The van der Waals surface area contributed by atoms with Crippen LogP contribution in [0.15, 0.2) is 18.2 Å². The van der Waals surface area contributed by atoms with Crippen molar-refractivity contribution in [2.75, 3.05) is 14.2 Å². The van der Waals surface area contributed by atoms with Gasteiger partial charge in [-0.1, -0.05) is 23.7 Å². The lowest BCUT2D eigenvalue weighted by molar-refractivity contribution is -0.207. The molecule has 0 aromatic heterocycles. The molecule has 0 amide bonds. The van der Waals surface area contributed by atoms with E-state index in [-0.39, 0.29) is 0 Å². The van der Waals surface area contributed by atoms with Crippen LogP contribution in [0.4, 0.5) is 0 Å². The topological polar surface area (TPSA) is 38.7 Å². The largest absolute Gasteiger partial charge is 0.385 e. The van der Waals surface area contributed by atoms with E-state index in [1.807, 2.05) is 25.1 Å². The molecule has 0 aliphatic carbocycles. The number of ether oxygens (including phenoxy) is 2. The van der Waals surface area contributed by atoms with Crippen molar-refractivity contribution in [3.8, 4) is 0 Å². The Morgan fingerprint density at radius 2 is 1.94 bits per heavy atom. The summed E-state index contributed by atoms with van der Waals surface area (Å²) in [5, 5.41) is 11.0. The zero-order chi connectivity index (χ0) is 13.1. The smallest absolute Gasteiger partial charge is 0.185 e. The van der Waals surface area contributed by atoms with Crippen LogP contribution in [-0.4, -0.2) is 31.2 Å². The van der Waals surface area contributed by atoms with Crippen molar-refractivity contribution < 1.29 is 14.6 Å². The molecule has 0 spiro atoms. The normalized spacial score (nSPS) is 15.0. The molecule has 1 unspecified atom stereocenters. The van der Waals surface area contributed by atoms with Gasteiger partial charge in [-0.3, -0.25) is 0 Å². The van der Waals surface area contributed by atoms with Gasteiger partial charge in [0.1, 0.15) is 5.60 Å². The molecule has 3 nitrogen and oxygen atoms in total. The van der Waals surface area contributed by atoms with Gasteiger partial charge in [-0.25, -0.2) is 0 Å². The SMILES string of the molecule is COC(OC)C(C)(O)Cc1ccc(C)cc1Cl. The van der Waals surface area contributed by atoms with Crippen LogP contribution in [0.1, 0.15) is 18.1 Å². The van der Waals surface area contributed by atoms with E-state index >= 15 is 0 Å². The van der Waals surface area contributed by atoms with Crippen LogP contribution in [-0.2, 0) is 15.9 Å². The molecule has 17 heavy (non-hydrogen) atoms. The number of halogens is 1. The summed E-state index contributed by atoms with van der Waals surface area (Å²) in [6.07, 6.45) is -0.307. The Morgan fingerprint density at radius 1 is 1.35 bits per heavy atom. The summed E-state index contributed by atoms with van der Waals surface area (Å²) >= 11 is 6.13. The molecule has 1 aromatic rings. The first-order valence-electron chi connectivity index (χ1n) is 5.43. The lowest BCUT2D eigenvalue weighted by atomic mass is 9.95. The van der Waals surface area contributed by atoms with Crippen molar-refractivity contribution >= 4 is 11.6 Å². The Morgan fingerprint density at radius 3 is 2.41 bits per heavy atom. The summed E-state index contributed by atoms with van der Waals surface area (Å²) in [4.78, 5) is 0. The summed E-state index contributed by atoms with van der Waals surface area (Å²) < 4.78 is 10.2. The Labute approximate surface area is 107 Å². The van der Waals surface area contributed by atoms with Gasteiger partial charge >= 0.3 is 0 Å². The highest BCUT2D eigenvalue weighted by atomic mass is 35.5. The van der Waals surface area contributed by atoms with Crippen LogP contribution in [0.3, 0.4) is 0 Å². The lowest BCUT2D eigenvalue weighted by Crippen LogP contribution is -2.43. The second-order valence-electron chi connectivity index (χ2n) is 4.43. The summed E-state index contributed by atoms with van der Waals surface area (Å²) in [7, 11) is 3.00. The van der Waals surface area contributed by atoms with Gasteiger partial charge in [0.2, 0.25) is 0 Å². The fourth-order valence-electron chi connectivity index (χ4n) is 1.87. The average molecular weight is 259 g/mol. The van der Waals surface area contributed by atoms with Gasteiger partial charge in [0, 0.05) is 25.7 Å². The van der Waals surface area contributed by atoms with E-state index in [2.05, 4.69) is 0 Å². The third-order valence-corrected chi connectivity index (χ3v) is 3.04. The standard InChI is InChI=1S/C13H19ClO3/c1-9-5-6-10(11(14)7-9)8-13(2,15)12(16-3)17-4/h5-7,12,15H,8H2,1-4H3. The maximum Gasteiger partial charge on any atom is 0.185 e. The first-order valence-corrected chi connectivity index (χ1v) is 5.81. The van der Waals surface area contributed by atoms with Crippen molar-refractivity contribution in [2.45, 2.75) is 32.2 Å². The van der Waals surface area contributed by atoms with E-state index in [0.717, 1.165) is 11.1 Å². The predicted molar refractivity (Wildman–Crippen MR) is 68.3 cm³/mol. The van der Waals surface area contributed by atoms with E-state index in [4.69, 9.17) is 21.1 Å². The fourth-order valence-corrected chi connectivity index (χ4v) is 2.17. The highest BCUT2D eigenvalue weighted by molar-refractivity contribution is 6.31. The molecule has 1 aromatic carbocycles. The Balaban J connectivity index is 2.89. The molecule has 96 valence electrons. The third-order valence-electron chi connectivity index (χ3n) is 2.69. The molecule has 0 heterocycles. The minimum absolute atomic E-state index is 0.373. The highest BCUT2D eigenvalue weighted by Crippen LogP contribution is 2.25. The Kier molecular flexibility index (Phi) is 4.95. The van der Waals surface area contributed by atoms with E-state index in [0.29, 0.717) is 11.4 Å². The van der Waals surface area contributed by atoms with E-state index in [9.17, 15) is 5.11 Å². The van der Waals surface area contributed by atoms with Gasteiger partial charge < -0.3 is 14.6 Å². The van der Waals surface area contributed by atoms with Gasteiger partial charge in [0.25, 0.3) is 0 Å². The Hall–Kier alpha value is -0.610. The molecule has 0 saturated heterocycles.